The zero-order chi connectivity index (χ0) is 30.0. The first-order valence-electron chi connectivity index (χ1n) is 14.7. The highest BCUT2D eigenvalue weighted by atomic mass is 35.5. The number of hydrogen-bond acceptors (Lipinski definition) is 5. The number of pyridine rings is 1. The number of rotatable bonds is 8. The molecular weight excluding hydrogens is 566 g/mol. The van der Waals surface area contributed by atoms with E-state index in [9.17, 15) is 9.59 Å². The second-order valence-corrected chi connectivity index (χ2v) is 12.8. The van der Waals surface area contributed by atoms with Gasteiger partial charge in [0, 0.05) is 40.8 Å². The van der Waals surface area contributed by atoms with Gasteiger partial charge in [0.25, 0.3) is 11.5 Å². The summed E-state index contributed by atoms with van der Waals surface area (Å²) in [5, 5.41) is 3.18. The molecule has 0 aliphatic carbocycles. The Morgan fingerprint density at radius 2 is 1.93 bits per heavy atom. The molecule has 1 aliphatic rings. The summed E-state index contributed by atoms with van der Waals surface area (Å²) in [5.74, 6) is 1.29. The molecule has 8 heteroatoms. The van der Waals surface area contributed by atoms with Crippen molar-refractivity contribution in [2.75, 3.05) is 20.2 Å². The van der Waals surface area contributed by atoms with Crippen LogP contribution in [0.3, 0.4) is 0 Å². The molecular formula is C34H38ClN3O3S. The lowest BCUT2D eigenvalue weighted by atomic mass is 9.96. The highest BCUT2D eigenvalue weighted by Gasteiger charge is 2.29. The smallest absolute Gasteiger partial charge is 0.265 e. The zero-order valence-electron chi connectivity index (χ0n) is 24.9. The van der Waals surface area contributed by atoms with Crippen LogP contribution in [0.1, 0.15) is 62.2 Å². The van der Waals surface area contributed by atoms with E-state index in [4.69, 9.17) is 21.3 Å². The van der Waals surface area contributed by atoms with E-state index in [0.29, 0.717) is 45.8 Å². The van der Waals surface area contributed by atoms with Crippen molar-refractivity contribution in [1.82, 2.24) is 14.5 Å². The number of amides is 1. The van der Waals surface area contributed by atoms with Crippen LogP contribution < -0.4 is 10.3 Å². The normalized spacial score (nSPS) is 15.3. The maximum atomic E-state index is 14.6. The second kappa shape index (κ2) is 12.8. The highest BCUT2D eigenvalue weighted by molar-refractivity contribution is 7.13. The Bertz CT molecular complexity index is 1640. The molecule has 0 radical (unpaired) electrons. The molecule has 1 fully saturated rings. The number of carbonyl (C=O) groups excluding carboxylic acids is 1. The van der Waals surface area contributed by atoms with E-state index in [0.717, 1.165) is 54.0 Å². The van der Waals surface area contributed by atoms with Crippen LogP contribution >= 0.6 is 22.9 Å². The minimum Gasteiger partial charge on any atom is -0.497 e. The van der Waals surface area contributed by atoms with Gasteiger partial charge in [0.2, 0.25) is 0 Å². The number of halogens is 1. The van der Waals surface area contributed by atoms with Crippen LogP contribution in [-0.2, 0) is 12.8 Å². The predicted octanol–water partition coefficient (Wildman–Crippen LogP) is 7.92. The van der Waals surface area contributed by atoms with Crippen molar-refractivity contribution in [3.05, 3.63) is 86.1 Å². The molecule has 1 amide bonds. The maximum absolute atomic E-state index is 14.6. The number of aromatic nitrogens is 2. The van der Waals surface area contributed by atoms with Gasteiger partial charge in [-0.05, 0) is 67.3 Å². The van der Waals surface area contributed by atoms with Crippen LogP contribution in [0.25, 0.3) is 27.5 Å². The van der Waals surface area contributed by atoms with Gasteiger partial charge >= 0.3 is 0 Å². The topological polar surface area (TPSA) is 64.4 Å². The van der Waals surface area contributed by atoms with Crippen LogP contribution in [-0.4, -0.2) is 40.6 Å². The van der Waals surface area contributed by atoms with E-state index in [-0.39, 0.29) is 17.4 Å². The Kier molecular flexibility index (Phi) is 9.19. The number of nitrogens with zero attached hydrogens (tertiary/aromatic N) is 3. The second-order valence-electron chi connectivity index (χ2n) is 11.5. The molecule has 3 heterocycles. The Hall–Kier alpha value is -3.42. The van der Waals surface area contributed by atoms with Crippen molar-refractivity contribution in [1.29, 1.82) is 0 Å². The monoisotopic (exact) mass is 603 g/mol. The summed E-state index contributed by atoms with van der Waals surface area (Å²) < 4.78 is 7.35. The highest BCUT2D eigenvalue weighted by Crippen LogP contribution is 2.32. The van der Waals surface area contributed by atoms with E-state index >= 15 is 0 Å². The van der Waals surface area contributed by atoms with Gasteiger partial charge in [0.1, 0.15) is 10.8 Å². The summed E-state index contributed by atoms with van der Waals surface area (Å²) in [5.41, 5.74) is 4.97. The number of methoxy groups -OCH3 is 1. The van der Waals surface area contributed by atoms with Crippen LogP contribution in [0.15, 0.2) is 58.7 Å². The molecule has 0 bridgehead atoms. The molecule has 0 spiro atoms. The third-order valence-corrected chi connectivity index (χ3v) is 9.00. The van der Waals surface area contributed by atoms with E-state index in [1.165, 1.54) is 11.3 Å². The summed E-state index contributed by atoms with van der Waals surface area (Å²) in [4.78, 5) is 35.7. The van der Waals surface area contributed by atoms with Crippen molar-refractivity contribution >= 4 is 28.8 Å². The average Bonchev–Trinajstić information content (AvgIpc) is 3.47. The fourth-order valence-electron chi connectivity index (χ4n) is 5.71. The van der Waals surface area contributed by atoms with Gasteiger partial charge in [-0.1, -0.05) is 57.5 Å². The largest absolute Gasteiger partial charge is 0.497 e. The molecule has 5 rings (SSSR count). The minimum absolute atomic E-state index is 0.0253. The van der Waals surface area contributed by atoms with E-state index in [2.05, 4.69) is 27.7 Å². The lowest BCUT2D eigenvalue weighted by Crippen LogP contribution is -2.40. The summed E-state index contributed by atoms with van der Waals surface area (Å²) in [6.07, 6.45) is 3.39. The van der Waals surface area contributed by atoms with Crippen molar-refractivity contribution in [2.24, 2.45) is 11.8 Å². The Labute approximate surface area is 256 Å². The van der Waals surface area contributed by atoms with Gasteiger partial charge in [0.15, 0.2) is 0 Å². The summed E-state index contributed by atoms with van der Waals surface area (Å²) in [6, 6.07) is 15.1. The number of benzene rings is 2. The zero-order valence-corrected chi connectivity index (χ0v) is 26.5. The molecule has 6 nitrogen and oxygen atoms in total. The van der Waals surface area contributed by atoms with E-state index < -0.39 is 0 Å². The number of ether oxygens (including phenoxy) is 1. The maximum Gasteiger partial charge on any atom is 0.265 e. The van der Waals surface area contributed by atoms with Crippen LogP contribution in [0.4, 0.5) is 0 Å². The summed E-state index contributed by atoms with van der Waals surface area (Å²) in [6.45, 7) is 9.93. The molecule has 0 saturated carbocycles. The number of thiazole rings is 1. The molecule has 2 aromatic heterocycles. The van der Waals surface area contributed by atoms with Crippen LogP contribution in [0.2, 0.25) is 5.02 Å². The van der Waals surface area contributed by atoms with Gasteiger partial charge in [-0.3, -0.25) is 14.2 Å². The molecule has 2 aromatic carbocycles. The summed E-state index contributed by atoms with van der Waals surface area (Å²) in [7, 11) is 1.62. The van der Waals surface area contributed by atoms with Crippen molar-refractivity contribution in [2.45, 2.75) is 53.4 Å². The van der Waals surface area contributed by atoms with Gasteiger partial charge < -0.3 is 9.64 Å². The number of piperidine rings is 1. The number of likely N-dealkylation sites (tertiary alicyclic amines) is 1. The number of carbonyl (C=O) groups is 1. The first kappa shape index (κ1) is 30.1. The molecule has 42 heavy (non-hydrogen) atoms. The van der Waals surface area contributed by atoms with Gasteiger partial charge in [0.05, 0.1) is 29.6 Å². The van der Waals surface area contributed by atoms with Crippen molar-refractivity contribution < 1.29 is 9.53 Å². The van der Waals surface area contributed by atoms with Crippen molar-refractivity contribution in [3.8, 4) is 33.3 Å². The molecule has 4 aromatic rings. The van der Waals surface area contributed by atoms with Crippen LogP contribution in [0.5, 0.6) is 5.75 Å². The Morgan fingerprint density at radius 3 is 2.60 bits per heavy atom. The average molecular weight is 604 g/mol. The van der Waals surface area contributed by atoms with Crippen molar-refractivity contribution in [3.63, 3.8) is 0 Å². The SMILES string of the molecule is CCc1ccc(OC)cc1-n1c(CC(C)C)c(C(=O)N2CCC[C@H](C)C2)cc(-c2nc(-c3ccc(Cl)cc3)cs2)c1=O. The Morgan fingerprint density at radius 1 is 1.17 bits per heavy atom. The fourth-order valence-corrected chi connectivity index (χ4v) is 6.67. The minimum atomic E-state index is -0.186. The fraction of sp³-hybridized carbons (Fsp3) is 0.382. The quantitative estimate of drug-likeness (QED) is 0.205. The molecule has 0 unspecified atom stereocenters. The third kappa shape index (κ3) is 6.18. The van der Waals surface area contributed by atoms with E-state index in [1.807, 2.05) is 52.7 Å². The Balaban J connectivity index is 1.78. The molecule has 0 N–H and O–H groups in total. The first-order chi connectivity index (χ1) is 20.2. The molecule has 220 valence electrons. The first-order valence-corrected chi connectivity index (χ1v) is 15.9. The van der Waals surface area contributed by atoms with Gasteiger partial charge in [-0.2, -0.15) is 0 Å². The predicted molar refractivity (Wildman–Crippen MR) is 172 cm³/mol. The molecule has 1 saturated heterocycles. The lowest BCUT2D eigenvalue weighted by molar-refractivity contribution is 0.0681. The molecule has 1 aliphatic heterocycles. The third-order valence-electron chi connectivity index (χ3n) is 7.87. The summed E-state index contributed by atoms with van der Waals surface area (Å²) >= 11 is 7.51. The lowest BCUT2D eigenvalue weighted by Gasteiger charge is -2.32. The number of hydrogen-bond donors (Lipinski definition) is 0. The van der Waals surface area contributed by atoms with E-state index in [1.54, 1.807) is 17.7 Å². The number of aryl methyl sites for hydroxylation is 1. The van der Waals surface area contributed by atoms with Gasteiger partial charge in [-0.15, -0.1) is 11.3 Å². The molecule has 1 atom stereocenters. The van der Waals surface area contributed by atoms with Gasteiger partial charge in [-0.25, -0.2) is 4.98 Å². The standard InChI is InChI=1S/C34H38ClN3O3S/c1-6-23-11-14-26(41-5)17-30(23)38-31(16-21(2)3)27(33(39)37-15-7-8-22(4)19-37)18-28(34(38)40)32-36-29(20-42-32)24-9-12-25(35)13-10-24/h9-14,17-18,20-22H,6-8,15-16,19H2,1-5H3/t22-/m0/s1. The van der Waals surface area contributed by atoms with Crippen LogP contribution in [0, 0.1) is 11.8 Å².